The van der Waals surface area contributed by atoms with Gasteiger partial charge in [-0.05, 0) is 31.7 Å². The Kier molecular flexibility index (Phi) is 6.57. The Morgan fingerprint density at radius 1 is 1.28 bits per heavy atom. The van der Waals surface area contributed by atoms with E-state index < -0.39 is 16.0 Å². The topological polar surface area (TPSA) is 72.5 Å². The largest absolute Gasteiger partial charge is 0.465 e. The van der Waals surface area contributed by atoms with Crippen LogP contribution in [0.25, 0.3) is 0 Å². The maximum atomic E-state index is 11.7. The van der Waals surface area contributed by atoms with Crippen molar-refractivity contribution in [2.24, 2.45) is 0 Å². The summed E-state index contributed by atoms with van der Waals surface area (Å²) < 4.78 is 30.0. The molecule has 0 saturated carbocycles. The first-order chi connectivity index (χ1) is 8.42. The van der Waals surface area contributed by atoms with E-state index >= 15 is 0 Å². The van der Waals surface area contributed by atoms with Crippen LogP contribution in [0, 0.1) is 6.92 Å². The molecule has 0 unspecified atom stereocenters. The van der Waals surface area contributed by atoms with Crippen molar-refractivity contribution in [1.29, 1.82) is 0 Å². The number of benzene rings is 1. The first-order valence-electron chi connectivity index (χ1n) is 5.55. The summed E-state index contributed by atoms with van der Waals surface area (Å²) in [7, 11) is -1.16. The lowest BCUT2D eigenvalue weighted by atomic mass is 10.1. The molecule has 5 nitrogen and oxygen atoms in total. The van der Waals surface area contributed by atoms with Crippen LogP contribution in [0.3, 0.4) is 0 Å². The number of carbonyl (C=O) groups is 1. The average molecular weight is 273 g/mol. The molecule has 0 fully saturated rings. The van der Waals surface area contributed by atoms with Gasteiger partial charge in [0.25, 0.3) is 0 Å². The van der Waals surface area contributed by atoms with E-state index in [9.17, 15) is 13.2 Å². The highest BCUT2D eigenvalue weighted by molar-refractivity contribution is 7.89. The predicted octanol–water partition coefficient (Wildman–Crippen LogP) is 1.72. The van der Waals surface area contributed by atoms with E-state index in [0.29, 0.717) is 0 Å². The van der Waals surface area contributed by atoms with Crippen LogP contribution in [0.15, 0.2) is 23.1 Å². The summed E-state index contributed by atoms with van der Waals surface area (Å²) in [5.41, 5.74) is 0.781. The second-order valence-electron chi connectivity index (χ2n) is 3.20. The standard InChI is InChI=1S/C10H13NO4S.C2H6/c1-7-4-5-8(10(12)15-3)9(6-7)16(13,14)11-2;1-2/h4-6,11H,1-3H3;1-2H3. The highest BCUT2D eigenvalue weighted by Crippen LogP contribution is 2.18. The minimum Gasteiger partial charge on any atom is -0.465 e. The van der Waals surface area contributed by atoms with Gasteiger partial charge in [-0.3, -0.25) is 0 Å². The Morgan fingerprint density at radius 2 is 1.83 bits per heavy atom. The Hall–Kier alpha value is -1.40. The van der Waals surface area contributed by atoms with Crippen LogP contribution in [0.2, 0.25) is 0 Å². The third kappa shape index (κ3) is 3.82. The van der Waals surface area contributed by atoms with Gasteiger partial charge in [-0.25, -0.2) is 17.9 Å². The van der Waals surface area contributed by atoms with Crippen LogP contribution >= 0.6 is 0 Å². The molecule has 0 atom stereocenters. The summed E-state index contributed by atoms with van der Waals surface area (Å²) in [4.78, 5) is 11.3. The van der Waals surface area contributed by atoms with Gasteiger partial charge < -0.3 is 4.74 Å². The Bertz CT molecular complexity index is 509. The minimum absolute atomic E-state index is 0.0300. The average Bonchev–Trinajstić information content (AvgIpc) is 2.40. The van der Waals surface area contributed by atoms with Gasteiger partial charge in [0.05, 0.1) is 17.6 Å². The highest BCUT2D eigenvalue weighted by Gasteiger charge is 2.21. The zero-order chi connectivity index (χ0) is 14.3. The van der Waals surface area contributed by atoms with Crippen molar-refractivity contribution in [2.45, 2.75) is 25.7 Å². The van der Waals surface area contributed by atoms with Gasteiger partial charge >= 0.3 is 5.97 Å². The molecule has 1 aromatic rings. The number of aryl methyl sites for hydroxylation is 1. The van der Waals surface area contributed by atoms with Gasteiger partial charge in [0, 0.05) is 0 Å². The molecule has 102 valence electrons. The SMILES string of the molecule is CC.CNS(=O)(=O)c1cc(C)ccc1C(=O)OC. The van der Waals surface area contributed by atoms with Crippen LogP contribution in [-0.4, -0.2) is 28.5 Å². The van der Waals surface area contributed by atoms with Crippen molar-refractivity contribution in [3.05, 3.63) is 29.3 Å². The molecule has 0 heterocycles. The Balaban J connectivity index is 0.00000137. The summed E-state index contributed by atoms with van der Waals surface area (Å²) in [6.07, 6.45) is 0. The van der Waals surface area contributed by atoms with Gasteiger partial charge in [-0.2, -0.15) is 0 Å². The molecule has 0 radical (unpaired) electrons. The first kappa shape index (κ1) is 16.6. The molecule has 6 heteroatoms. The van der Waals surface area contributed by atoms with Crippen molar-refractivity contribution in [2.75, 3.05) is 14.2 Å². The third-order valence-corrected chi connectivity index (χ3v) is 3.55. The summed E-state index contributed by atoms with van der Waals surface area (Å²) in [5.74, 6) is -0.672. The summed E-state index contributed by atoms with van der Waals surface area (Å²) in [6.45, 7) is 5.75. The van der Waals surface area contributed by atoms with E-state index in [4.69, 9.17) is 0 Å². The summed E-state index contributed by atoms with van der Waals surface area (Å²) in [6, 6.07) is 4.52. The number of rotatable bonds is 3. The van der Waals surface area contributed by atoms with E-state index in [2.05, 4.69) is 9.46 Å². The molecular weight excluding hydrogens is 254 g/mol. The minimum atomic E-state index is -3.66. The number of sulfonamides is 1. The summed E-state index contributed by atoms with van der Waals surface area (Å²) >= 11 is 0. The smallest absolute Gasteiger partial charge is 0.339 e. The van der Waals surface area contributed by atoms with Crippen molar-refractivity contribution >= 4 is 16.0 Å². The van der Waals surface area contributed by atoms with Crippen molar-refractivity contribution in [3.63, 3.8) is 0 Å². The van der Waals surface area contributed by atoms with Crippen LogP contribution in [-0.2, 0) is 14.8 Å². The van der Waals surface area contributed by atoms with E-state index in [-0.39, 0.29) is 10.5 Å². The number of carbonyl (C=O) groups excluding carboxylic acids is 1. The molecule has 0 spiro atoms. The molecule has 0 aromatic heterocycles. The monoisotopic (exact) mass is 273 g/mol. The van der Waals surface area contributed by atoms with Crippen LogP contribution in [0.1, 0.15) is 29.8 Å². The first-order valence-corrected chi connectivity index (χ1v) is 7.03. The van der Waals surface area contributed by atoms with E-state index in [0.717, 1.165) is 5.56 Å². The van der Waals surface area contributed by atoms with Gasteiger partial charge in [0.1, 0.15) is 0 Å². The lowest BCUT2D eigenvalue weighted by Crippen LogP contribution is -2.22. The Morgan fingerprint density at radius 3 is 2.28 bits per heavy atom. The second-order valence-corrected chi connectivity index (χ2v) is 5.05. The van der Waals surface area contributed by atoms with E-state index in [1.165, 1.54) is 26.3 Å². The van der Waals surface area contributed by atoms with Gasteiger partial charge in [0.15, 0.2) is 0 Å². The molecule has 1 rings (SSSR count). The van der Waals surface area contributed by atoms with Crippen molar-refractivity contribution in [1.82, 2.24) is 4.72 Å². The molecule has 0 amide bonds. The fraction of sp³-hybridized carbons (Fsp3) is 0.417. The van der Waals surface area contributed by atoms with Gasteiger partial charge in [-0.1, -0.05) is 19.9 Å². The number of ether oxygens (including phenoxy) is 1. The number of esters is 1. The van der Waals surface area contributed by atoms with Crippen molar-refractivity contribution in [3.8, 4) is 0 Å². The van der Waals surface area contributed by atoms with Crippen LogP contribution < -0.4 is 4.72 Å². The van der Waals surface area contributed by atoms with Gasteiger partial charge in [-0.15, -0.1) is 0 Å². The lowest BCUT2D eigenvalue weighted by molar-refractivity contribution is 0.0596. The maximum absolute atomic E-state index is 11.7. The summed E-state index contributed by atoms with van der Waals surface area (Å²) in [5, 5.41) is 0. The number of methoxy groups -OCH3 is 1. The predicted molar refractivity (Wildman–Crippen MR) is 70.1 cm³/mol. The van der Waals surface area contributed by atoms with Gasteiger partial charge in [0.2, 0.25) is 10.0 Å². The zero-order valence-corrected chi connectivity index (χ0v) is 12.1. The molecule has 1 aromatic carbocycles. The van der Waals surface area contributed by atoms with Crippen LogP contribution in [0.4, 0.5) is 0 Å². The molecular formula is C12H19NO4S. The maximum Gasteiger partial charge on any atom is 0.339 e. The zero-order valence-electron chi connectivity index (χ0n) is 11.3. The van der Waals surface area contributed by atoms with E-state index in [1.807, 2.05) is 13.8 Å². The fourth-order valence-corrected chi connectivity index (χ4v) is 2.24. The normalized spacial score (nSPS) is 10.3. The van der Waals surface area contributed by atoms with Crippen molar-refractivity contribution < 1.29 is 17.9 Å². The Labute approximate surface area is 108 Å². The highest BCUT2D eigenvalue weighted by atomic mass is 32.2. The molecule has 0 saturated heterocycles. The number of hydrogen-bond acceptors (Lipinski definition) is 4. The number of hydrogen-bond donors (Lipinski definition) is 1. The quantitative estimate of drug-likeness (QED) is 0.851. The molecule has 0 aliphatic heterocycles. The lowest BCUT2D eigenvalue weighted by Gasteiger charge is -2.08. The fourth-order valence-electron chi connectivity index (χ4n) is 1.24. The molecule has 0 bridgehead atoms. The van der Waals surface area contributed by atoms with Crippen LogP contribution in [0.5, 0.6) is 0 Å². The van der Waals surface area contributed by atoms with E-state index in [1.54, 1.807) is 13.0 Å². The molecule has 1 N–H and O–H groups in total. The molecule has 18 heavy (non-hydrogen) atoms. The second kappa shape index (κ2) is 7.13. The molecule has 0 aliphatic carbocycles. The molecule has 0 aliphatic rings. The number of nitrogens with one attached hydrogen (secondary N) is 1. The third-order valence-electron chi connectivity index (χ3n) is 2.10.